The molecule has 17 heavy (non-hydrogen) atoms. The van der Waals surface area contributed by atoms with Crippen LogP contribution in [0.4, 0.5) is 0 Å². The van der Waals surface area contributed by atoms with E-state index in [1.165, 1.54) is 32.1 Å². The van der Waals surface area contributed by atoms with Crippen LogP contribution in [0.5, 0.6) is 0 Å². The van der Waals surface area contributed by atoms with E-state index in [9.17, 15) is 0 Å². The van der Waals surface area contributed by atoms with Crippen LogP contribution in [-0.2, 0) is 5.41 Å². The zero-order valence-electron chi connectivity index (χ0n) is 11.5. The molecule has 0 N–H and O–H groups in total. The van der Waals surface area contributed by atoms with Gasteiger partial charge in [0, 0.05) is 11.3 Å². The van der Waals surface area contributed by atoms with Crippen molar-refractivity contribution in [1.29, 1.82) is 0 Å². The van der Waals surface area contributed by atoms with E-state index in [1.54, 1.807) is 0 Å². The molecule has 0 atom stereocenters. The van der Waals surface area contributed by atoms with Crippen LogP contribution in [-0.4, -0.2) is 10.2 Å². The highest BCUT2D eigenvalue weighted by molar-refractivity contribution is 5.00. The Hall–Kier alpha value is -0.860. The molecule has 1 aromatic rings. The van der Waals surface area contributed by atoms with E-state index in [0.717, 1.165) is 17.7 Å². The molecule has 96 valence electrons. The summed E-state index contributed by atoms with van der Waals surface area (Å²) in [5.41, 5.74) is -0.0358. The van der Waals surface area contributed by atoms with Crippen molar-refractivity contribution >= 4 is 0 Å². The number of rotatable bonds is 2. The van der Waals surface area contributed by atoms with Crippen LogP contribution in [0.2, 0.25) is 0 Å². The third-order valence-corrected chi connectivity index (χ3v) is 3.86. The van der Waals surface area contributed by atoms with Gasteiger partial charge in [0.2, 0.25) is 11.8 Å². The molecule has 0 spiro atoms. The number of hydrogen-bond acceptors (Lipinski definition) is 3. The van der Waals surface area contributed by atoms with Gasteiger partial charge in [-0.05, 0) is 31.6 Å². The molecule has 3 nitrogen and oxygen atoms in total. The topological polar surface area (TPSA) is 38.9 Å². The van der Waals surface area contributed by atoms with Crippen molar-refractivity contribution in [3.05, 3.63) is 11.8 Å². The molecular formula is C14H24N2O. The van der Waals surface area contributed by atoms with E-state index < -0.39 is 0 Å². The highest BCUT2D eigenvalue weighted by Crippen LogP contribution is 2.37. The summed E-state index contributed by atoms with van der Waals surface area (Å²) >= 11 is 0. The van der Waals surface area contributed by atoms with Gasteiger partial charge in [0.25, 0.3) is 0 Å². The average Bonchev–Trinajstić information content (AvgIpc) is 2.78. The summed E-state index contributed by atoms with van der Waals surface area (Å²) in [4.78, 5) is 0. The van der Waals surface area contributed by atoms with Crippen molar-refractivity contribution in [3.63, 3.8) is 0 Å². The lowest BCUT2D eigenvalue weighted by molar-refractivity contribution is 0.275. The minimum absolute atomic E-state index is 0.0358. The Kier molecular flexibility index (Phi) is 3.55. The summed E-state index contributed by atoms with van der Waals surface area (Å²) in [7, 11) is 0. The van der Waals surface area contributed by atoms with Crippen molar-refractivity contribution in [2.75, 3.05) is 0 Å². The van der Waals surface area contributed by atoms with Crippen LogP contribution < -0.4 is 0 Å². The molecule has 1 aliphatic rings. The molecule has 1 aliphatic carbocycles. The Morgan fingerprint density at radius 2 is 1.76 bits per heavy atom. The summed E-state index contributed by atoms with van der Waals surface area (Å²) < 4.78 is 5.83. The van der Waals surface area contributed by atoms with Gasteiger partial charge in [0.1, 0.15) is 0 Å². The molecule has 1 saturated carbocycles. The minimum atomic E-state index is -0.0358. The van der Waals surface area contributed by atoms with E-state index in [2.05, 4.69) is 37.9 Å². The SMILES string of the molecule is CC[C@H]1CC[C@H](c2nnc(C(C)(C)C)o2)CC1. The third-order valence-electron chi connectivity index (χ3n) is 3.86. The quantitative estimate of drug-likeness (QED) is 0.777. The Balaban J connectivity index is 2.02. The summed E-state index contributed by atoms with van der Waals surface area (Å²) in [6, 6.07) is 0. The highest BCUT2D eigenvalue weighted by atomic mass is 16.4. The lowest BCUT2D eigenvalue weighted by atomic mass is 9.81. The molecule has 0 saturated heterocycles. The van der Waals surface area contributed by atoms with Gasteiger partial charge < -0.3 is 4.42 Å². The molecule has 2 rings (SSSR count). The molecule has 0 unspecified atom stereocenters. The molecule has 1 fully saturated rings. The molecule has 0 aromatic carbocycles. The minimum Gasteiger partial charge on any atom is -0.424 e. The zero-order valence-corrected chi connectivity index (χ0v) is 11.5. The van der Waals surface area contributed by atoms with Gasteiger partial charge in [-0.15, -0.1) is 10.2 Å². The van der Waals surface area contributed by atoms with Gasteiger partial charge in [-0.3, -0.25) is 0 Å². The van der Waals surface area contributed by atoms with Crippen LogP contribution in [0.15, 0.2) is 4.42 Å². The molecule has 3 heteroatoms. The number of hydrogen-bond donors (Lipinski definition) is 0. The molecule has 0 bridgehead atoms. The Labute approximate surface area is 104 Å². The second-order valence-electron chi connectivity index (χ2n) is 6.32. The van der Waals surface area contributed by atoms with Crippen LogP contribution >= 0.6 is 0 Å². The maximum atomic E-state index is 5.83. The van der Waals surface area contributed by atoms with E-state index in [4.69, 9.17) is 4.42 Å². The predicted molar refractivity (Wildman–Crippen MR) is 68.0 cm³/mol. The maximum Gasteiger partial charge on any atom is 0.221 e. The van der Waals surface area contributed by atoms with Gasteiger partial charge in [-0.25, -0.2) is 0 Å². The van der Waals surface area contributed by atoms with Gasteiger partial charge in [-0.2, -0.15) is 0 Å². The average molecular weight is 236 g/mol. The monoisotopic (exact) mass is 236 g/mol. The second kappa shape index (κ2) is 4.79. The number of nitrogens with zero attached hydrogens (tertiary/aromatic N) is 2. The van der Waals surface area contributed by atoms with Crippen molar-refractivity contribution in [1.82, 2.24) is 10.2 Å². The first-order valence-corrected chi connectivity index (χ1v) is 6.84. The molecule has 0 aliphatic heterocycles. The summed E-state index contributed by atoms with van der Waals surface area (Å²) in [5, 5.41) is 8.43. The standard InChI is InChI=1S/C14H24N2O/c1-5-10-6-8-11(9-7-10)12-15-16-13(17-12)14(2,3)4/h10-11H,5-9H2,1-4H3/t10-,11-. The van der Waals surface area contributed by atoms with Gasteiger partial charge in [-0.1, -0.05) is 34.1 Å². The van der Waals surface area contributed by atoms with Crippen LogP contribution in [0, 0.1) is 5.92 Å². The molecule has 1 heterocycles. The van der Waals surface area contributed by atoms with E-state index in [1.807, 2.05) is 0 Å². The number of aromatic nitrogens is 2. The smallest absolute Gasteiger partial charge is 0.221 e. The fourth-order valence-corrected chi connectivity index (χ4v) is 2.52. The van der Waals surface area contributed by atoms with Crippen LogP contribution in [0.1, 0.15) is 77.5 Å². The van der Waals surface area contributed by atoms with E-state index in [-0.39, 0.29) is 5.41 Å². The van der Waals surface area contributed by atoms with Crippen molar-refractivity contribution in [2.24, 2.45) is 5.92 Å². The van der Waals surface area contributed by atoms with E-state index >= 15 is 0 Å². The summed E-state index contributed by atoms with van der Waals surface area (Å²) in [6.07, 6.45) is 6.36. The molecule has 1 aromatic heterocycles. The third kappa shape index (κ3) is 2.88. The lowest BCUT2D eigenvalue weighted by Crippen LogP contribution is -2.13. The van der Waals surface area contributed by atoms with Gasteiger partial charge >= 0.3 is 0 Å². The lowest BCUT2D eigenvalue weighted by Gasteiger charge is -2.25. The molecule has 0 amide bonds. The molecule has 0 radical (unpaired) electrons. The summed E-state index contributed by atoms with van der Waals surface area (Å²) in [6.45, 7) is 8.62. The summed E-state index contributed by atoms with van der Waals surface area (Å²) in [5.74, 6) is 3.05. The van der Waals surface area contributed by atoms with Crippen LogP contribution in [0.25, 0.3) is 0 Å². The Bertz CT molecular complexity index is 357. The fourth-order valence-electron chi connectivity index (χ4n) is 2.52. The predicted octanol–water partition coefficient (Wildman–Crippen LogP) is 4.05. The normalized spacial score (nSPS) is 26.1. The zero-order chi connectivity index (χ0) is 12.5. The second-order valence-corrected chi connectivity index (χ2v) is 6.32. The van der Waals surface area contributed by atoms with E-state index in [0.29, 0.717) is 5.92 Å². The van der Waals surface area contributed by atoms with Gasteiger partial charge in [0.05, 0.1) is 0 Å². The first-order chi connectivity index (χ1) is 8.00. The first-order valence-electron chi connectivity index (χ1n) is 6.84. The van der Waals surface area contributed by atoms with Crippen molar-refractivity contribution in [2.45, 2.75) is 71.1 Å². The maximum absolute atomic E-state index is 5.83. The Morgan fingerprint density at radius 1 is 1.12 bits per heavy atom. The fraction of sp³-hybridized carbons (Fsp3) is 0.857. The first kappa shape index (κ1) is 12.6. The van der Waals surface area contributed by atoms with Crippen molar-refractivity contribution in [3.8, 4) is 0 Å². The highest BCUT2D eigenvalue weighted by Gasteiger charge is 2.28. The van der Waals surface area contributed by atoms with Crippen molar-refractivity contribution < 1.29 is 4.42 Å². The van der Waals surface area contributed by atoms with Gasteiger partial charge in [0.15, 0.2) is 0 Å². The van der Waals surface area contributed by atoms with Crippen LogP contribution in [0.3, 0.4) is 0 Å². The largest absolute Gasteiger partial charge is 0.424 e. The molecular weight excluding hydrogens is 212 g/mol. The Morgan fingerprint density at radius 3 is 2.24 bits per heavy atom.